The SMILES string of the molecule is Cc1c(C)c(C(=O)NC(C)C)c(C)c(C)c1NCC1CCC(NS(=O)(=O)C(C)C)CC1. The number of hydrogen-bond donors (Lipinski definition) is 3. The molecule has 0 spiro atoms. The second-order valence-electron chi connectivity index (χ2n) is 9.69. The van der Waals surface area contributed by atoms with E-state index in [4.69, 9.17) is 0 Å². The molecule has 0 radical (unpaired) electrons. The Morgan fingerprint density at radius 2 is 1.42 bits per heavy atom. The van der Waals surface area contributed by atoms with E-state index in [0.29, 0.717) is 5.92 Å². The van der Waals surface area contributed by atoms with Gasteiger partial charge in [-0.3, -0.25) is 4.79 Å². The van der Waals surface area contributed by atoms with Crippen molar-refractivity contribution >= 4 is 21.6 Å². The van der Waals surface area contributed by atoms with E-state index in [1.807, 2.05) is 27.7 Å². The second kappa shape index (κ2) is 10.3. The minimum absolute atomic E-state index is 0.00933. The zero-order valence-corrected chi connectivity index (χ0v) is 21.3. The molecule has 1 fully saturated rings. The third kappa shape index (κ3) is 6.22. The number of nitrogens with one attached hydrogen (secondary N) is 3. The normalized spacial score (nSPS) is 19.7. The van der Waals surface area contributed by atoms with Crippen molar-refractivity contribution in [2.75, 3.05) is 11.9 Å². The lowest BCUT2D eigenvalue weighted by Crippen LogP contribution is -2.41. The first kappa shape index (κ1) is 25.7. The molecule has 0 bridgehead atoms. The van der Waals surface area contributed by atoms with Crippen LogP contribution in [0.4, 0.5) is 5.69 Å². The van der Waals surface area contributed by atoms with Crippen molar-refractivity contribution in [3.8, 4) is 0 Å². The van der Waals surface area contributed by atoms with Crippen LogP contribution in [-0.4, -0.2) is 38.2 Å². The lowest BCUT2D eigenvalue weighted by atomic mass is 9.86. The summed E-state index contributed by atoms with van der Waals surface area (Å²) >= 11 is 0. The van der Waals surface area contributed by atoms with Gasteiger partial charge < -0.3 is 10.6 Å². The molecule has 7 heteroatoms. The molecule has 0 unspecified atom stereocenters. The predicted octanol–water partition coefficient (Wildman–Crippen LogP) is 4.36. The average Bonchev–Trinajstić information content (AvgIpc) is 2.67. The average molecular weight is 452 g/mol. The third-order valence-electron chi connectivity index (χ3n) is 6.64. The van der Waals surface area contributed by atoms with Gasteiger partial charge in [-0.2, -0.15) is 0 Å². The first-order valence-corrected chi connectivity index (χ1v) is 13.1. The first-order chi connectivity index (χ1) is 14.3. The maximum Gasteiger partial charge on any atom is 0.252 e. The molecular formula is C24H41N3O3S. The molecule has 1 amide bonds. The maximum absolute atomic E-state index is 12.7. The first-order valence-electron chi connectivity index (χ1n) is 11.5. The molecule has 0 heterocycles. The molecule has 0 aromatic heterocycles. The van der Waals surface area contributed by atoms with Gasteiger partial charge in [-0.05, 0) is 109 Å². The van der Waals surface area contributed by atoms with Gasteiger partial charge in [0.05, 0.1) is 5.25 Å². The predicted molar refractivity (Wildman–Crippen MR) is 129 cm³/mol. The summed E-state index contributed by atoms with van der Waals surface area (Å²) in [6.45, 7) is 16.4. The van der Waals surface area contributed by atoms with Crippen LogP contribution in [0.1, 0.15) is 86.0 Å². The van der Waals surface area contributed by atoms with Crippen molar-refractivity contribution in [3.63, 3.8) is 0 Å². The van der Waals surface area contributed by atoms with Crippen LogP contribution >= 0.6 is 0 Å². The quantitative estimate of drug-likeness (QED) is 0.548. The summed E-state index contributed by atoms with van der Waals surface area (Å²) in [5.41, 5.74) is 6.20. The fourth-order valence-electron chi connectivity index (χ4n) is 4.35. The standard InChI is InChI=1S/C24H41N3O3S/c1-14(2)26-24(28)22-16(5)18(7)23(19(8)17(22)6)25-13-20-9-11-21(12-10-20)27-31(29,30)15(3)4/h14-15,20-21,25,27H,9-13H2,1-8H3,(H,26,28). The van der Waals surface area contributed by atoms with Crippen molar-refractivity contribution < 1.29 is 13.2 Å². The van der Waals surface area contributed by atoms with Crippen molar-refractivity contribution in [2.24, 2.45) is 5.92 Å². The van der Waals surface area contributed by atoms with E-state index in [1.165, 1.54) is 0 Å². The molecule has 6 nitrogen and oxygen atoms in total. The van der Waals surface area contributed by atoms with E-state index in [9.17, 15) is 13.2 Å². The van der Waals surface area contributed by atoms with Crippen LogP contribution in [-0.2, 0) is 10.0 Å². The van der Waals surface area contributed by atoms with Gasteiger partial charge >= 0.3 is 0 Å². The molecule has 3 N–H and O–H groups in total. The lowest BCUT2D eigenvalue weighted by molar-refractivity contribution is 0.0941. The lowest BCUT2D eigenvalue weighted by Gasteiger charge is -2.30. The molecule has 1 aliphatic carbocycles. The summed E-state index contributed by atoms with van der Waals surface area (Å²) in [5, 5.41) is 6.27. The number of carbonyl (C=O) groups excluding carboxylic acids is 1. The van der Waals surface area contributed by atoms with E-state index in [2.05, 4.69) is 29.2 Å². The summed E-state index contributed by atoms with van der Waals surface area (Å²) in [5.74, 6) is 0.507. The van der Waals surface area contributed by atoms with E-state index in [-0.39, 0.29) is 18.0 Å². The minimum Gasteiger partial charge on any atom is -0.384 e. The number of rotatable bonds is 8. The summed E-state index contributed by atoms with van der Waals surface area (Å²) in [7, 11) is -3.21. The van der Waals surface area contributed by atoms with Gasteiger partial charge in [0.1, 0.15) is 0 Å². The molecule has 1 aliphatic rings. The van der Waals surface area contributed by atoms with Crippen LogP contribution < -0.4 is 15.4 Å². The summed E-state index contributed by atoms with van der Waals surface area (Å²) in [4.78, 5) is 12.7. The molecule has 0 aliphatic heterocycles. The largest absolute Gasteiger partial charge is 0.384 e. The van der Waals surface area contributed by atoms with Crippen LogP contribution in [0.25, 0.3) is 0 Å². The number of benzene rings is 1. The third-order valence-corrected chi connectivity index (χ3v) is 8.54. The Morgan fingerprint density at radius 3 is 1.87 bits per heavy atom. The minimum atomic E-state index is -3.21. The van der Waals surface area contributed by atoms with Gasteiger partial charge in [0, 0.05) is 29.9 Å². The molecule has 31 heavy (non-hydrogen) atoms. The Hall–Kier alpha value is -1.60. The Kier molecular flexibility index (Phi) is 8.56. The second-order valence-corrected chi connectivity index (χ2v) is 12.0. The van der Waals surface area contributed by atoms with Crippen molar-refractivity contribution in [2.45, 2.75) is 98.4 Å². The number of sulfonamides is 1. The highest BCUT2D eigenvalue weighted by molar-refractivity contribution is 7.90. The van der Waals surface area contributed by atoms with Crippen LogP contribution in [0.3, 0.4) is 0 Å². The van der Waals surface area contributed by atoms with Gasteiger partial charge in [0.25, 0.3) is 5.91 Å². The fraction of sp³-hybridized carbons (Fsp3) is 0.708. The van der Waals surface area contributed by atoms with E-state index < -0.39 is 15.3 Å². The molecule has 0 saturated heterocycles. The fourth-order valence-corrected chi connectivity index (χ4v) is 5.32. The summed E-state index contributed by atoms with van der Waals surface area (Å²) in [6, 6.07) is 0.153. The number of amides is 1. The van der Waals surface area contributed by atoms with E-state index in [1.54, 1.807) is 13.8 Å². The Labute approximate surface area is 189 Å². The molecular weight excluding hydrogens is 410 g/mol. The van der Waals surface area contributed by atoms with E-state index >= 15 is 0 Å². The zero-order chi connectivity index (χ0) is 23.5. The number of anilines is 1. The van der Waals surface area contributed by atoms with Crippen LogP contribution in [0.2, 0.25) is 0 Å². The van der Waals surface area contributed by atoms with Crippen molar-refractivity contribution in [3.05, 3.63) is 27.8 Å². The smallest absolute Gasteiger partial charge is 0.252 e. The Balaban J connectivity index is 2.04. The number of hydrogen-bond acceptors (Lipinski definition) is 4. The molecule has 1 aromatic rings. The van der Waals surface area contributed by atoms with Gasteiger partial charge in [-0.15, -0.1) is 0 Å². The Morgan fingerprint density at radius 1 is 0.903 bits per heavy atom. The van der Waals surface area contributed by atoms with Crippen LogP contribution in [0.15, 0.2) is 0 Å². The van der Waals surface area contributed by atoms with Crippen molar-refractivity contribution in [1.29, 1.82) is 0 Å². The maximum atomic E-state index is 12.7. The molecule has 1 saturated carbocycles. The molecule has 2 rings (SSSR count). The molecule has 1 aromatic carbocycles. The van der Waals surface area contributed by atoms with Gasteiger partial charge in [-0.1, -0.05) is 0 Å². The summed E-state index contributed by atoms with van der Waals surface area (Å²) < 4.78 is 27.1. The highest BCUT2D eigenvalue weighted by atomic mass is 32.2. The molecule has 0 atom stereocenters. The van der Waals surface area contributed by atoms with Crippen LogP contribution in [0, 0.1) is 33.6 Å². The van der Waals surface area contributed by atoms with Gasteiger partial charge in [0.2, 0.25) is 10.0 Å². The van der Waals surface area contributed by atoms with Crippen LogP contribution in [0.5, 0.6) is 0 Å². The van der Waals surface area contributed by atoms with Gasteiger partial charge in [0.15, 0.2) is 0 Å². The topological polar surface area (TPSA) is 87.3 Å². The zero-order valence-electron chi connectivity index (χ0n) is 20.5. The Bertz CT molecular complexity index is 870. The highest BCUT2D eigenvalue weighted by Gasteiger charge is 2.27. The van der Waals surface area contributed by atoms with Crippen molar-refractivity contribution in [1.82, 2.24) is 10.0 Å². The highest BCUT2D eigenvalue weighted by Crippen LogP contribution is 2.32. The monoisotopic (exact) mass is 451 g/mol. The summed E-state index contributed by atoms with van der Waals surface area (Å²) in [6.07, 6.45) is 3.76. The number of carbonyl (C=O) groups is 1. The molecule has 176 valence electrons. The van der Waals surface area contributed by atoms with E-state index in [0.717, 1.165) is 65.7 Å². The van der Waals surface area contributed by atoms with Gasteiger partial charge in [-0.25, -0.2) is 13.1 Å².